The quantitative estimate of drug-likeness (QED) is 0.490. The first-order chi connectivity index (χ1) is 12.3. The van der Waals surface area contributed by atoms with E-state index in [-0.39, 0.29) is 16.2 Å². The molecule has 0 unspecified atom stereocenters. The lowest BCUT2D eigenvalue weighted by Crippen LogP contribution is -2.23. The van der Waals surface area contributed by atoms with Gasteiger partial charge in [-0.15, -0.1) is 0 Å². The van der Waals surface area contributed by atoms with Gasteiger partial charge in [0, 0.05) is 12.0 Å². The fraction of sp³-hybridized carbons (Fsp3) is 0.474. The maximum atomic E-state index is 12.9. The Hall–Kier alpha value is -2.15. The highest BCUT2D eigenvalue weighted by atomic mass is 32.2. The van der Waals surface area contributed by atoms with Crippen molar-refractivity contribution in [1.82, 2.24) is 19.7 Å². The SMILES string of the molecule is CCCn1c(S[C@H](C)c2nc(C(C)(C)C)no2)nc2ccccc2c1=O. The summed E-state index contributed by atoms with van der Waals surface area (Å²) in [4.78, 5) is 22.1. The average Bonchev–Trinajstić information content (AvgIpc) is 3.09. The Balaban J connectivity index is 1.98. The molecule has 3 rings (SSSR count). The van der Waals surface area contributed by atoms with Gasteiger partial charge in [-0.25, -0.2) is 4.98 Å². The minimum absolute atomic E-state index is 0.00643. The van der Waals surface area contributed by atoms with E-state index in [0.717, 1.165) is 6.42 Å². The maximum absolute atomic E-state index is 12.9. The molecule has 2 heterocycles. The van der Waals surface area contributed by atoms with Gasteiger partial charge >= 0.3 is 0 Å². The summed E-state index contributed by atoms with van der Waals surface area (Å²) in [5.74, 6) is 1.22. The number of aromatic nitrogens is 4. The van der Waals surface area contributed by atoms with Gasteiger partial charge in [0.2, 0.25) is 5.89 Å². The van der Waals surface area contributed by atoms with Crippen LogP contribution in [0.5, 0.6) is 0 Å². The monoisotopic (exact) mass is 372 g/mol. The van der Waals surface area contributed by atoms with Crippen molar-refractivity contribution in [3.8, 4) is 0 Å². The lowest BCUT2D eigenvalue weighted by atomic mass is 9.96. The predicted octanol–water partition coefficient (Wildman–Crippen LogP) is 4.34. The van der Waals surface area contributed by atoms with Gasteiger partial charge in [-0.2, -0.15) is 4.98 Å². The normalized spacial score (nSPS) is 13.3. The summed E-state index contributed by atoms with van der Waals surface area (Å²) in [6.07, 6.45) is 0.858. The van der Waals surface area contributed by atoms with Gasteiger partial charge in [0.25, 0.3) is 5.56 Å². The van der Waals surface area contributed by atoms with E-state index in [9.17, 15) is 4.79 Å². The van der Waals surface area contributed by atoms with E-state index >= 15 is 0 Å². The lowest BCUT2D eigenvalue weighted by Gasteiger charge is -2.14. The number of nitrogens with zero attached hydrogens (tertiary/aromatic N) is 4. The van der Waals surface area contributed by atoms with E-state index in [1.54, 1.807) is 4.57 Å². The van der Waals surface area contributed by atoms with E-state index in [4.69, 9.17) is 9.51 Å². The second-order valence-electron chi connectivity index (χ2n) is 7.33. The molecule has 2 aromatic heterocycles. The Kier molecular flexibility index (Phi) is 5.18. The van der Waals surface area contributed by atoms with Crippen LogP contribution in [-0.2, 0) is 12.0 Å². The smallest absolute Gasteiger partial charge is 0.262 e. The summed E-state index contributed by atoms with van der Waals surface area (Å²) in [5, 5.41) is 5.31. The molecule has 0 amide bonds. The minimum Gasteiger partial charge on any atom is -0.338 e. The summed E-state index contributed by atoms with van der Waals surface area (Å²) < 4.78 is 7.19. The summed E-state index contributed by atoms with van der Waals surface area (Å²) in [6.45, 7) is 10.8. The Morgan fingerprint density at radius 3 is 2.62 bits per heavy atom. The van der Waals surface area contributed by atoms with Gasteiger partial charge in [0.15, 0.2) is 11.0 Å². The third-order valence-electron chi connectivity index (χ3n) is 4.02. The van der Waals surface area contributed by atoms with Crippen LogP contribution in [0.3, 0.4) is 0 Å². The number of benzene rings is 1. The molecule has 0 N–H and O–H groups in total. The molecule has 0 fully saturated rings. The molecule has 0 saturated heterocycles. The zero-order valence-electron chi connectivity index (χ0n) is 15.8. The van der Waals surface area contributed by atoms with Crippen molar-refractivity contribution in [3.05, 3.63) is 46.3 Å². The third-order valence-corrected chi connectivity index (χ3v) is 5.09. The Morgan fingerprint density at radius 2 is 1.96 bits per heavy atom. The molecule has 0 aliphatic rings. The lowest BCUT2D eigenvalue weighted by molar-refractivity contribution is 0.364. The standard InChI is InChI=1S/C19H24N4O2S/c1-6-11-23-16(24)13-9-7-8-10-14(13)20-18(23)26-12(2)15-21-17(22-25-15)19(3,4)5/h7-10,12H,6,11H2,1-5H3/t12-/m1/s1. The van der Waals surface area contributed by atoms with Crippen molar-refractivity contribution in [2.75, 3.05) is 0 Å². The summed E-state index contributed by atoms with van der Waals surface area (Å²) >= 11 is 1.47. The van der Waals surface area contributed by atoms with Crippen LogP contribution in [0.2, 0.25) is 0 Å². The van der Waals surface area contributed by atoms with Crippen LogP contribution in [0, 0.1) is 0 Å². The number of para-hydroxylation sites is 1. The topological polar surface area (TPSA) is 73.8 Å². The van der Waals surface area contributed by atoms with E-state index in [1.807, 2.05) is 58.9 Å². The molecule has 0 radical (unpaired) electrons. The van der Waals surface area contributed by atoms with Crippen molar-refractivity contribution >= 4 is 22.7 Å². The molecule has 0 aliphatic heterocycles. The number of hydrogen-bond donors (Lipinski definition) is 0. The molecule has 0 saturated carbocycles. The Bertz CT molecular complexity index is 972. The first-order valence-corrected chi connectivity index (χ1v) is 9.69. The Morgan fingerprint density at radius 1 is 1.23 bits per heavy atom. The van der Waals surface area contributed by atoms with Gasteiger partial charge in [0.1, 0.15) is 0 Å². The molecule has 138 valence electrons. The van der Waals surface area contributed by atoms with Crippen molar-refractivity contribution < 1.29 is 4.52 Å². The van der Waals surface area contributed by atoms with Crippen LogP contribution in [0.15, 0.2) is 38.7 Å². The first-order valence-electron chi connectivity index (χ1n) is 8.81. The first kappa shape index (κ1) is 18.6. The number of thioether (sulfide) groups is 1. The van der Waals surface area contributed by atoms with E-state index < -0.39 is 0 Å². The van der Waals surface area contributed by atoms with Crippen LogP contribution >= 0.6 is 11.8 Å². The number of rotatable bonds is 5. The molecule has 0 bridgehead atoms. The largest absolute Gasteiger partial charge is 0.338 e. The fourth-order valence-electron chi connectivity index (χ4n) is 2.57. The van der Waals surface area contributed by atoms with Gasteiger partial charge in [-0.3, -0.25) is 9.36 Å². The van der Waals surface area contributed by atoms with Crippen molar-refractivity contribution in [1.29, 1.82) is 0 Å². The molecule has 7 heteroatoms. The molecule has 1 atom stereocenters. The van der Waals surface area contributed by atoms with Crippen molar-refractivity contribution in [3.63, 3.8) is 0 Å². The number of fused-ring (bicyclic) bond motifs is 1. The van der Waals surface area contributed by atoms with Crippen LogP contribution in [-0.4, -0.2) is 19.7 Å². The minimum atomic E-state index is -0.169. The predicted molar refractivity (Wildman–Crippen MR) is 104 cm³/mol. The van der Waals surface area contributed by atoms with Gasteiger partial charge in [-0.05, 0) is 25.5 Å². The van der Waals surface area contributed by atoms with Crippen LogP contribution in [0.4, 0.5) is 0 Å². The fourth-order valence-corrected chi connectivity index (χ4v) is 3.54. The highest BCUT2D eigenvalue weighted by Gasteiger charge is 2.24. The van der Waals surface area contributed by atoms with Crippen molar-refractivity contribution in [2.45, 2.75) is 63.4 Å². The van der Waals surface area contributed by atoms with Crippen LogP contribution in [0.1, 0.15) is 58.0 Å². The van der Waals surface area contributed by atoms with Gasteiger partial charge < -0.3 is 4.52 Å². The maximum Gasteiger partial charge on any atom is 0.262 e. The average molecular weight is 372 g/mol. The van der Waals surface area contributed by atoms with E-state index in [2.05, 4.69) is 10.1 Å². The molecule has 26 heavy (non-hydrogen) atoms. The van der Waals surface area contributed by atoms with E-state index in [0.29, 0.717) is 34.3 Å². The molecule has 3 aromatic rings. The summed E-state index contributed by atoms with van der Waals surface area (Å²) in [7, 11) is 0. The second kappa shape index (κ2) is 7.23. The second-order valence-corrected chi connectivity index (χ2v) is 8.64. The summed E-state index contributed by atoms with van der Waals surface area (Å²) in [5.41, 5.74) is 0.533. The summed E-state index contributed by atoms with van der Waals surface area (Å²) in [6, 6.07) is 7.45. The zero-order valence-corrected chi connectivity index (χ0v) is 16.6. The number of hydrogen-bond acceptors (Lipinski definition) is 6. The molecule has 0 aliphatic carbocycles. The van der Waals surface area contributed by atoms with Crippen LogP contribution < -0.4 is 5.56 Å². The van der Waals surface area contributed by atoms with Gasteiger partial charge in [0.05, 0.1) is 16.2 Å². The molecule has 6 nitrogen and oxygen atoms in total. The van der Waals surface area contributed by atoms with Gasteiger partial charge in [-0.1, -0.05) is 56.7 Å². The highest BCUT2D eigenvalue weighted by Crippen LogP contribution is 2.34. The molecular formula is C19H24N4O2S. The molecule has 0 spiro atoms. The Labute approximate surface area is 157 Å². The van der Waals surface area contributed by atoms with Crippen molar-refractivity contribution in [2.24, 2.45) is 0 Å². The molecular weight excluding hydrogens is 348 g/mol. The third kappa shape index (κ3) is 3.67. The molecule has 1 aromatic carbocycles. The van der Waals surface area contributed by atoms with Crippen LogP contribution in [0.25, 0.3) is 10.9 Å². The zero-order chi connectivity index (χ0) is 18.9. The highest BCUT2D eigenvalue weighted by molar-refractivity contribution is 7.99. The van der Waals surface area contributed by atoms with E-state index in [1.165, 1.54) is 11.8 Å².